The highest BCUT2D eigenvalue weighted by atomic mass is 35.5. The molecule has 3 rings (SSSR count). The van der Waals surface area contributed by atoms with Crippen LogP contribution in [0.15, 0.2) is 29.4 Å². The van der Waals surface area contributed by atoms with Crippen molar-refractivity contribution in [1.82, 2.24) is 10.4 Å². The van der Waals surface area contributed by atoms with Gasteiger partial charge in [-0.25, -0.2) is 10.4 Å². The molecule has 3 N–H and O–H groups in total. The van der Waals surface area contributed by atoms with Crippen LogP contribution in [0.25, 0.3) is 0 Å². The minimum absolute atomic E-state index is 0.0131. The highest BCUT2D eigenvalue weighted by Crippen LogP contribution is 2.34. The lowest BCUT2D eigenvalue weighted by Gasteiger charge is -2.17. The fraction of sp³-hybridized carbons (Fsp3) is 0.188. The van der Waals surface area contributed by atoms with Gasteiger partial charge in [0.2, 0.25) is 0 Å². The fourth-order valence-corrected chi connectivity index (χ4v) is 3.16. The smallest absolute Gasteiger partial charge is 0.291 e. The molecule has 1 amide bonds. The number of aromatic nitrogens is 1. The number of nitrogens with one attached hydrogen (secondary N) is 1. The number of hydrogen-bond acceptors (Lipinski definition) is 4. The first-order chi connectivity index (χ1) is 11.5. The van der Waals surface area contributed by atoms with Gasteiger partial charge in [0.1, 0.15) is 5.02 Å². The zero-order valence-corrected chi connectivity index (χ0v) is 14.7. The third kappa shape index (κ3) is 3.20. The van der Waals surface area contributed by atoms with E-state index in [9.17, 15) is 4.79 Å². The Hall–Kier alpha value is -1.82. The molecule has 0 saturated carbocycles. The van der Waals surface area contributed by atoms with Crippen molar-refractivity contribution in [3.8, 4) is 0 Å². The molecule has 2 aromatic rings. The molecule has 0 saturated heterocycles. The maximum Gasteiger partial charge on any atom is 0.291 e. The molecule has 124 valence electrons. The predicted octanol–water partition coefficient (Wildman–Crippen LogP) is 4.09. The van der Waals surface area contributed by atoms with Crippen molar-refractivity contribution >= 4 is 52.1 Å². The van der Waals surface area contributed by atoms with Crippen LogP contribution in [0.3, 0.4) is 0 Å². The van der Waals surface area contributed by atoms with Crippen LogP contribution in [-0.4, -0.2) is 16.6 Å². The molecule has 0 fully saturated rings. The summed E-state index contributed by atoms with van der Waals surface area (Å²) in [5.41, 5.74) is 11.2. The zero-order chi connectivity index (χ0) is 17.3. The van der Waals surface area contributed by atoms with Crippen molar-refractivity contribution < 1.29 is 4.79 Å². The van der Waals surface area contributed by atoms with Crippen LogP contribution in [0, 0.1) is 0 Å². The van der Waals surface area contributed by atoms with E-state index in [1.165, 1.54) is 5.56 Å². The summed E-state index contributed by atoms with van der Waals surface area (Å²) in [6.45, 7) is 0. The monoisotopic (exact) mass is 382 g/mol. The number of carbonyl (C=O) groups excluding carboxylic acids is 1. The summed E-state index contributed by atoms with van der Waals surface area (Å²) < 4.78 is 0. The van der Waals surface area contributed by atoms with Crippen LogP contribution >= 0.6 is 34.8 Å². The number of nitrogens with zero attached hydrogens (tertiary/aromatic N) is 2. The molecule has 1 heterocycles. The van der Waals surface area contributed by atoms with Crippen LogP contribution in [0.2, 0.25) is 15.2 Å². The van der Waals surface area contributed by atoms with Crippen molar-refractivity contribution in [3.63, 3.8) is 0 Å². The molecule has 0 radical (unpaired) electrons. The Bertz CT molecular complexity index is 851. The van der Waals surface area contributed by atoms with Gasteiger partial charge in [-0.15, -0.1) is 0 Å². The molecule has 0 aliphatic heterocycles. The average Bonchev–Trinajstić information content (AvgIpc) is 2.60. The van der Waals surface area contributed by atoms with Crippen LogP contribution in [0.5, 0.6) is 0 Å². The number of amides is 1. The van der Waals surface area contributed by atoms with E-state index >= 15 is 0 Å². The van der Waals surface area contributed by atoms with Crippen molar-refractivity contribution in [3.05, 3.63) is 56.3 Å². The predicted molar refractivity (Wildman–Crippen MR) is 97.1 cm³/mol. The zero-order valence-electron chi connectivity index (χ0n) is 12.4. The summed E-state index contributed by atoms with van der Waals surface area (Å²) >= 11 is 17.7. The average molecular weight is 384 g/mol. The normalized spacial score (nSPS) is 15.2. The molecule has 1 aliphatic rings. The lowest BCUT2D eigenvalue weighted by atomic mass is 9.90. The second kappa shape index (κ2) is 6.97. The number of benzene rings is 1. The lowest BCUT2D eigenvalue weighted by Crippen LogP contribution is -2.23. The Labute approximate surface area is 153 Å². The first-order valence-electron chi connectivity index (χ1n) is 7.24. The van der Waals surface area contributed by atoms with E-state index in [1.54, 1.807) is 0 Å². The molecular weight excluding hydrogens is 371 g/mol. The van der Waals surface area contributed by atoms with E-state index in [1.807, 2.05) is 18.2 Å². The molecule has 0 bridgehead atoms. The van der Waals surface area contributed by atoms with Gasteiger partial charge in [0.05, 0.1) is 16.4 Å². The number of fused-ring (bicyclic) bond motifs is 1. The lowest BCUT2D eigenvalue weighted by molar-refractivity contribution is 0.0950. The number of pyridine rings is 1. The van der Waals surface area contributed by atoms with Gasteiger partial charge in [0.25, 0.3) is 5.91 Å². The topological polar surface area (TPSA) is 80.4 Å². The van der Waals surface area contributed by atoms with Gasteiger partial charge in [-0.2, -0.15) is 5.10 Å². The van der Waals surface area contributed by atoms with Gasteiger partial charge in [-0.3, -0.25) is 4.79 Å². The minimum atomic E-state index is -0.596. The first-order valence-corrected chi connectivity index (χ1v) is 8.37. The Kier molecular flexibility index (Phi) is 4.94. The van der Waals surface area contributed by atoms with Gasteiger partial charge in [-0.05, 0) is 24.8 Å². The highest BCUT2D eigenvalue weighted by molar-refractivity contribution is 6.46. The van der Waals surface area contributed by atoms with Crippen LogP contribution < -0.4 is 11.2 Å². The molecule has 5 nitrogen and oxygen atoms in total. The Morgan fingerprint density at radius 2 is 1.92 bits per heavy atom. The number of aryl methyl sites for hydroxylation is 1. The van der Waals surface area contributed by atoms with Crippen LogP contribution in [-0.2, 0) is 6.42 Å². The Morgan fingerprint density at radius 1 is 1.17 bits per heavy atom. The van der Waals surface area contributed by atoms with E-state index in [4.69, 9.17) is 40.5 Å². The maximum atomic E-state index is 12.3. The summed E-state index contributed by atoms with van der Waals surface area (Å²) in [7, 11) is 0. The van der Waals surface area contributed by atoms with Gasteiger partial charge in [-0.1, -0.05) is 59.1 Å². The van der Waals surface area contributed by atoms with Crippen molar-refractivity contribution in [2.24, 2.45) is 5.10 Å². The van der Waals surface area contributed by atoms with E-state index in [0.29, 0.717) is 0 Å². The third-order valence-electron chi connectivity index (χ3n) is 3.77. The molecule has 24 heavy (non-hydrogen) atoms. The Morgan fingerprint density at radius 3 is 2.71 bits per heavy atom. The number of halogens is 3. The molecule has 0 unspecified atom stereocenters. The summed E-state index contributed by atoms with van der Waals surface area (Å²) in [5.74, 6) is -0.596. The molecule has 8 heteroatoms. The van der Waals surface area contributed by atoms with E-state index in [-0.39, 0.29) is 26.6 Å². The number of nitrogen functional groups attached to an aromatic ring is 1. The number of rotatable bonds is 2. The van der Waals surface area contributed by atoms with Crippen LogP contribution in [0.4, 0.5) is 5.69 Å². The van der Waals surface area contributed by atoms with Gasteiger partial charge >= 0.3 is 0 Å². The molecule has 1 aromatic heterocycles. The second-order valence-electron chi connectivity index (χ2n) is 5.30. The van der Waals surface area contributed by atoms with Crippen molar-refractivity contribution in [1.29, 1.82) is 0 Å². The standard InChI is InChI=1S/C16H13Cl3N4O/c17-11-13(20)12(18)15(19)21-14(11)16(24)23-22-10-7-3-5-8-4-1-2-6-9(8)10/h1-2,4,6H,3,5,7H2,(H2,20,21)(H,23,24)/b22-10+. The largest absolute Gasteiger partial charge is 0.396 e. The summed E-state index contributed by atoms with van der Waals surface area (Å²) in [6.07, 6.45) is 2.76. The fourth-order valence-electron chi connectivity index (χ4n) is 2.57. The van der Waals surface area contributed by atoms with Crippen LogP contribution in [0.1, 0.15) is 34.5 Å². The van der Waals surface area contributed by atoms with E-state index in [0.717, 1.165) is 30.5 Å². The molecule has 0 atom stereocenters. The molecular formula is C16H13Cl3N4O. The number of carbonyl (C=O) groups is 1. The second-order valence-corrected chi connectivity index (χ2v) is 6.42. The third-order valence-corrected chi connectivity index (χ3v) is 4.90. The van der Waals surface area contributed by atoms with E-state index in [2.05, 4.69) is 21.6 Å². The SMILES string of the molecule is Nc1c(Cl)c(Cl)nc(C(=O)N/N=C2\CCCc3ccccc32)c1Cl. The van der Waals surface area contributed by atoms with Crippen molar-refractivity contribution in [2.75, 3.05) is 5.73 Å². The number of nitrogens with two attached hydrogens (primary N) is 1. The van der Waals surface area contributed by atoms with Gasteiger partial charge < -0.3 is 5.73 Å². The summed E-state index contributed by atoms with van der Waals surface area (Å²) in [4.78, 5) is 16.2. The number of hydrazone groups is 1. The summed E-state index contributed by atoms with van der Waals surface area (Å²) in [6, 6.07) is 7.98. The highest BCUT2D eigenvalue weighted by Gasteiger charge is 2.20. The molecule has 0 spiro atoms. The maximum absolute atomic E-state index is 12.3. The van der Waals surface area contributed by atoms with Gasteiger partial charge in [0.15, 0.2) is 10.8 Å². The number of anilines is 1. The van der Waals surface area contributed by atoms with Gasteiger partial charge in [0, 0.05) is 5.56 Å². The number of hydrogen-bond donors (Lipinski definition) is 2. The molecule has 1 aliphatic carbocycles. The van der Waals surface area contributed by atoms with Crippen molar-refractivity contribution in [2.45, 2.75) is 19.3 Å². The molecule has 1 aromatic carbocycles. The van der Waals surface area contributed by atoms with E-state index < -0.39 is 5.91 Å². The Balaban J connectivity index is 1.87. The minimum Gasteiger partial charge on any atom is -0.396 e. The summed E-state index contributed by atoms with van der Waals surface area (Å²) in [5, 5.41) is 4.11. The first kappa shape index (κ1) is 17.0. The quantitative estimate of drug-likeness (QED) is 0.605.